The molecule has 0 unspecified atom stereocenters. The van der Waals surface area contributed by atoms with Gasteiger partial charge in [0.1, 0.15) is 6.61 Å². The minimum Gasteiger partial charge on any atom is -0.493 e. The summed E-state index contributed by atoms with van der Waals surface area (Å²) in [6.45, 7) is 0.360. The SMILES string of the molecule is COc1cc(/C=C2\C(=N)N3N=CSC3=NC2=O)ccc1OCc1ccc(Cl)cc1. The molecule has 7 nitrogen and oxygen atoms in total. The van der Waals surface area contributed by atoms with Crippen LogP contribution in [0.25, 0.3) is 6.08 Å². The molecule has 0 fully saturated rings. The standard InChI is InChI=1S/C20H15ClN4O3S/c1-27-17-9-13(4-7-16(17)28-10-12-2-5-14(21)6-3-12)8-15-18(22)25-20(24-19(15)26)29-11-23-25/h2-9,11,22H,10H2,1H3/b15-8+,22-18?. The summed E-state index contributed by atoms with van der Waals surface area (Å²) in [5.74, 6) is 0.599. The number of fused-ring (bicyclic) bond motifs is 1. The molecule has 146 valence electrons. The fourth-order valence-corrected chi connectivity index (χ4v) is 3.47. The van der Waals surface area contributed by atoms with Crippen molar-refractivity contribution < 1.29 is 14.3 Å². The Morgan fingerprint density at radius 2 is 2.00 bits per heavy atom. The van der Waals surface area contributed by atoms with Crippen LogP contribution in [-0.4, -0.2) is 34.6 Å². The Morgan fingerprint density at radius 1 is 1.21 bits per heavy atom. The average Bonchev–Trinajstić information content (AvgIpc) is 3.19. The number of aliphatic imine (C=N–C) groups is 1. The molecule has 0 radical (unpaired) electrons. The number of carbonyl (C=O) groups excluding carboxylic acids is 1. The molecule has 2 aliphatic heterocycles. The van der Waals surface area contributed by atoms with E-state index in [0.29, 0.717) is 33.9 Å². The van der Waals surface area contributed by atoms with Gasteiger partial charge in [-0.25, -0.2) is 0 Å². The van der Waals surface area contributed by atoms with Crippen LogP contribution in [0.15, 0.2) is 58.1 Å². The number of rotatable bonds is 5. The molecular formula is C20H15ClN4O3S. The van der Waals surface area contributed by atoms with E-state index in [1.165, 1.54) is 16.8 Å². The van der Waals surface area contributed by atoms with Crippen molar-refractivity contribution in [3.63, 3.8) is 0 Å². The largest absolute Gasteiger partial charge is 0.493 e. The van der Waals surface area contributed by atoms with Gasteiger partial charge in [-0.15, -0.1) is 0 Å². The molecule has 0 saturated carbocycles. The molecule has 2 aromatic carbocycles. The first-order chi connectivity index (χ1) is 14.0. The van der Waals surface area contributed by atoms with E-state index in [-0.39, 0.29) is 11.4 Å². The molecular weight excluding hydrogens is 412 g/mol. The van der Waals surface area contributed by atoms with Crippen LogP contribution < -0.4 is 9.47 Å². The number of hydrogen-bond acceptors (Lipinski definition) is 6. The van der Waals surface area contributed by atoms with Crippen LogP contribution in [0.1, 0.15) is 11.1 Å². The van der Waals surface area contributed by atoms with E-state index in [0.717, 1.165) is 5.56 Å². The van der Waals surface area contributed by atoms with Crippen molar-refractivity contribution in [2.75, 3.05) is 7.11 Å². The summed E-state index contributed by atoms with van der Waals surface area (Å²) in [6.07, 6.45) is 1.59. The Bertz CT molecular complexity index is 1080. The fourth-order valence-electron chi connectivity index (χ4n) is 2.74. The predicted molar refractivity (Wildman–Crippen MR) is 115 cm³/mol. The highest BCUT2D eigenvalue weighted by Crippen LogP contribution is 2.31. The first-order valence-electron chi connectivity index (χ1n) is 8.53. The molecule has 0 saturated heterocycles. The molecule has 2 aliphatic rings. The summed E-state index contributed by atoms with van der Waals surface area (Å²) in [6, 6.07) is 12.7. The molecule has 0 atom stereocenters. The second kappa shape index (κ2) is 8.10. The van der Waals surface area contributed by atoms with Gasteiger partial charge in [-0.2, -0.15) is 15.1 Å². The van der Waals surface area contributed by atoms with Gasteiger partial charge >= 0.3 is 0 Å². The average molecular weight is 427 g/mol. The van der Waals surface area contributed by atoms with Crippen LogP contribution in [0.3, 0.4) is 0 Å². The van der Waals surface area contributed by atoms with E-state index >= 15 is 0 Å². The van der Waals surface area contributed by atoms with E-state index in [1.54, 1.807) is 49.1 Å². The molecule has 0 aromatic heterocycles. The van der Waals surface area contributed by atoms with Gasteiger partial charge in [0.25, 0.3) is 5.91 Å². The number of thioether (sulfide) groups is 1. The lowest BCUT2D eigenvalue weighted by atomic mass is 10.1. The van der Waals surface area contributed by atoms with E-state index in [1.807, 2.05) is 12.1 Å². The fraction of sp³-hybridized carbons (Fsp3) is 0.100. The molecule has 0 bridgehead atoms. The molecule has 1 N–H and O–H groups in total. The second-order valence-corrected chi connectivity index (χ2v) is 7.33. The molecule has 9 heteroatoms. The van der Waals surface area contributed by atoms with Crippen LogP contribution in [0.5, 0.6) is 11.5 Å². The van der Waals surface area contributed by atoms with Crippen LogP contribution in [0, 0.1) is 5.41 Å². The third-order valence-corrected chi connectivity index (χ3v) is 5.13. The number of amidine groups is 2. The Hall–Kier alpha value is -3.10. The summed E-state index contributed by atoms with van der Waals surface area (Å²) in [4.78, 5) is 16.3. The minimum absolute atomic E-state index is 0.0109. The number of hydrazone groups is 1. The Kier molecular flexibility index (Phi) is 5.37. The number of nitrogens with zero attached hydrogens (tertiary/aromatic N) is 3. The van der Waals surface area contributed by atoms with Gasteiger partial charge in [-0.3, -0.25) is 10.2 Å². The highest BCUT2D eigenvalue weighted by Gasteiger charge is 2.32. The first-order valence-corrected chi connectivity index (χ1v) is 9.79. The Morgan fingerprint density at radius 3 is 2.76 bits per heavy atom. The number of ether oxygens (including phenoxy) is 2. The summed E-state index contributed by atoms with van der Waals surface area (Å²) in [5, 5.41) is 14.7. The predicted octanol–water partition coefficient (Wildman–Crippen LogP) is 4.18. The summed E-state index contributed by atoms with van der Waals surface area (Å²) < 4.78 is 11.3. The Balaban J connectivity index is 1.55. The van der Waals surface area contributed by atoms with Gasteiger partial charge in [-0.05, 0) is 53.2 Å². The van der Waals surface area contributed by atoms with Crippen molar-refractivity contribution >= 4 is 51.9 Å². The van der Waals surface area contributed by atoms with Crippen molar-refractivity contribution in [1.82, 2.24) is 5.01 Å². The molecule has 4 rings (SSSR count). The monoisotopic (exact) mass is 426 g/mol. The molecule has 2 aromatic rings. The zero-order valence-corrected chi connectivity index (χ0v) is 16.8. The smallest absolute Gasteiger partial charge is 0.283 e. The van der Waals surface area contributed by atoms with Crippen LogP contribution in [0.4, 0.5) is 0 Å². The molecule has 29 heavy (non-hydrogen) atoms. The van der Waals surface area contributed by atoms with Crippen LogP contribution in [-0.2, 0) is 11.4 Å². The van der Waals surface area contributed by atoms with Gasteiger partial charge in [0.2, 0.25) is 0 Å². The highest BCUT2D eigenvalue weighted by molar-refractivity contribution is 8.25. The molecule has 2 heterocycles. The van der Waals surface area contributed by atoms with E-state index < -0.39 is 5.91 Å². The van der Waals surface area contributed by atoms with Gasteiger partial charge in [0.05, 0.1) is 18.2 Å². The number of carbonyl (C=O) groups is 1. The maximum Gasteiger partial charge on any atom is 0.283 e. The molecule has 0 spiro atoms. The number of amides is 1. The minimum atomic E-state index is -0.471. The normalized spacial score (nSPS) is 16.8. The summed E-state index contributed by atoms with van der Waals surface area (Å²) in [5.41, 5.74) is 3.36. The van der Waals surface area contributed by atoms with Crippen molar-refractivity contribution in [2.24, 2.45) is 10.1 Å². The number of hydrogen-bond donors (Lipinski definition) is 1. The van der Waals surface area contributed by atoms with Crippen LogP contribution >= 0.6 is 23.4 Å². The maximum atomic E-state index is 12.3. The highest BCUT2D eigenvalue weighted by atomic mass is 35.5. The lowest BCUT2D eigenvalue weighted by molar-refractivity contribution is -0.114. The van der Waals surface area contributed by atoms with Crippen molar-refractivity contribution in [3.8, 4) is 11.5 Å². The number of nitrogens with one attached hydrogen (secondary N) is 1. The van der Waals surface area contributed by atoms with Crippen molar-refractivity contribution in [1.29, 1.82) is 5.41 Å². The lowest BCUT2D eigenvalue weighted by Gasteiger charge is -2.20. The van der Waals surface area contributed by atoms with E-state index in [9.17, 15) is 4.79 Å². The maximum absolute atomic E-state index is 12.3. The van der Waals surface area contributed by atoms with Gasteiger partial charge in [-0.1, -0.05) is 29.8 Å². The number of methoxy groups -OCH3 is 1. The number of benzene rings is 2. The zero-order chi connectivity index (χ0) is 20.4. The molecule has 1 amide bonds. The first kappa shape index (κ1) is 19.2. The topological polar surface area (TPSA) is 87.3 Å². The second-order valence-electron chi connectivity index (χ2n) is 6.08. The van der Waals surface area contributed by atoms with Crippen molar-refractivity contribution in [3.05, 3.63) is 64.2 Å². The lowest BCUT2D eigenvalue weighted by Crippen LogP contribution is -2.35. The van der Waals surface area contributed by atoms with E-state index in [2.05, 4.69) is 10.1 Å². The van der Waals surface area contributed by atoms with Crippen molar-refractivity contribution in [2.45, 2.75) is 6.61 Å². The molecule has 0 aliphatic carbocycles. The quantitative estimate of drug-likeness (QED) is 0.725. The zero-order valence-electron chi connectivity index (χ0n) is 15.3. The third kappa shape index (κ3) is 4.03. The Labute approximate surface area is 176 Å². The summed E-state index contributed by atoms with van der Waals surface area (Å²) in [7, 11) is 1.54. The van der Waals surface area contributed by atoms with E-state index in [4.69, 9.17) is 26.5 Å². The van der Waals surface area contributed by atoms with Gasteiger partial charge in [0, 0.05) is 5.02 Å². The third-order valence-electron chi connectivity index (χ3n) is 4.20. The van der Waals surface area contributed by atoms with Crippen LogP contribution in [0.2, 0.25) is 5.02 Å². The van der Waals surface area contributed by atoms with Gasteiger partial charge in [0.15, 0.2) is 22.5 Å². The number of halogens is 1. The summed E-state index contributed by atoms with van der Waals surface area (Å²) >= 11 is 7.11. The van der Waals surface area contributed by atoms with Gasteiger partial charge < -0.3 is 9.47 Å².